The van der Waals surface area contributed by atoms with Gasteiger partial charge in [0.05, 0.1) is 5.52 Å². The molecule has 0 unspecified atom stereocenters. The molecule has 0 aliphatic rings. The summed E-state index contributed by atoms with van der Waals surface area (Å²) >= 11 is 0. The lowest BCUT2D eigenvalue weighted by Crippen LogP contribution is -2.11. The van der Waals surface area contributed by atoms with E-state index in [-0.39, 0.29) is 0 Å². The molecule has 0 fully saturated rings. The third-order valence-electron chi connectivity index (χ3n) is 2.95. The van der Waals surface area contributed by atoms with Crippen LogP contribution in [0.1, 0.15) is 18.1 Å². The Kier molecular flexibility index (Phi) is 3.27. The Morgan fingerprint density at radius 2 is 2.12 bits per heavy atom. The van der Waals surface area contributed by atoms with Gasteiger partial charge < -0.3 is 15.6 Å². The van der Waals surface area contributed by atoms with Crippen LogP contribution in [0.4, 0.5) is 0 Å². The zero-order chi connectivity index (χ0) is 11.5. The molecule has 0 radical (unpaired) electrons. The molecular weight excluding hydrogens is 198 g/mol. The van der Waals surface area contributed by atoms with Crippen molar-refractivity contribution in [3.05, 3.63) is 35.5 Å². The maximum absolute atomic E-state index is 5.77. The van der Waals surface area contributed by atoms with Gasteiger partial charge in [0.2, 0.25) is 0 Å². The molecule has 3 heteroatoms. The van der Waals surface area contributed by atoms with E-state index >= 15 is 0 Å². The van der Waals surface area contributed by atoms with Crippen molar-refractivity contribution in [1.82, 2.24) is 9.88 Å². The van der Waals surface area contributed by atoms with Gasteiger partial charge in [-0.1, -0.05) is 25.1 Å². The van der Waals surface area contributed by atoms with E-state index in [0.29, 0.717) is 6.54 Å². The van der Waals surface area contributed by atoms with Crippen LogP contribution in [0.2, 0.25) is 0 Å². The minimum Gasteiger partial charge on any atom is -0.350 e. The molecule has 3 nitrogen and oxygen atoms in total. The first-order valence-corrected chi connectivity index (χ1v) is 5.74. The molecule has 0 saturated heterocycles. The number of aryl methyl sites for hydroxylation is 1. The van der Waals surface area contributed by atoms with Crippen LogP contribution in [0.3, 0.4) is 0 Å². The van der Waals surface area contributed by atoms with E-state index in [0.717, 1.165) is 13.1 Å². The Bertz CT molecular complexity index is 485. The Balaban J connectivity index is 2.53. The lowest BCUT2D eigenvalue weighted by Gasteiger charge is -2.03. The summed E-state index contributed by atoms with van der Waals surface area (Å²) in [5.41, 5.74) is 9.58. The second-order valence-corrected chi connectivity index (χ2v) is 4.06. The van der Waals surface area contributed by atoms with Crippen molar-refractivity contribution in [3.8, 4) is 0 Å². The SMILES string of the molecule is CCNCc1cn(C)c2c(CN)cccc12. The minimum absolute atomic E-state index is 0.593. The van der Waals surface area contributed by atoms with Crippen LogP contribution in [0.5, 0.6) is 0 Å². The minimum atomic E-state index is 0.593. The third-order valence-corrected chi connectivity index (χ3v) is 2.95. The van der Waals surface area contributed by atoms with Gasteiger partial charge in [0.25, 0.3) is 0 Å². The summed E-state index contributed by atoms with van der Waals surface area (Å²) in [6.45, 7) is 4.63. The molecule has 1 aromatic carbocycles. The zero-order valence-corrected chi connectivity index (χ0v) is 9.96. The molecule has 3 N–H and O–H groups in total. The Labute approximate surface area is 96.2 Å². The standard InChI is InChI=1S/C13H19N3/c1-3-15-8-11-9-16(2)13-10(7-14)5-4-6-12(11)13/h4-6,9,15H,3,7-8,14H2,1-2H3. The third kappa shape index (κ3) is 1.84. The molecule has 2 aromatic rings. The van der Waals surface area contributed by atoms with Crippen LogP contribution in [0.15, 0.2) is 24.4 Å². The van der Waals surface area contributed by atoms with Crippen LogP contribution in [-0.4, -0.2) is 11.1 Å². The monoisotopic (exact) mass is 217 g/mol. The van der Waals surface area contributed by atoms with E-state index in [9.17, 15) is 0 Å². The van der Waals surface area contributed by atoms with E-state index in [1.54, 1.807) is 0 Å². The smallest absolute Gasteiger partial charge is 0.0526 e. The van der Waals surface area contributed by atoms with Crippen molar-refractivity contribution in [2.24, 2.45) is 12.8 Å². The topological polar surface area (TPSA) is 43.0 Å². The summed E-state index contributed by atoms with van der Waals surface area (Å²) in [6, 6.07) is 6.35. The molecule has 16 heavy (non-hydrogen) atoms. The maximum Gasteiger partial charge on any atom is 0.0526 e. The molecule has 86 valence electrons. The molecule has 2 rings (SSSR count). The van der Waals surface area contributed by atoms with E-state index in [2.05, 4.69) is 48.3 Å². The predicted molar refractivity (Wildman–Crippen MR) is 68.2 cm³/mol. The van der Waals surface area contributed by atoms with E-state index in [1.807, 2.05) is 0 Å². The van der Waals surface area contributed by atoms with Crippen LogP contribution >= 0.6 is 0 Å². The van der Waals surface area contributed by atoms with Gasteiger partial charge in [-0.15, -0.1) is 0 Å². The summed E-state index contributed by atoms with van der Waals surface area (Å²) in [6.07, 6.45) is 2.19. The summed E-state index contributed by atoms with van der Waals surface area (Å²) in [4.78, 5) is 0. The summed E-state index contributed by atoms with van der Waals surface area (Å²) in [5.74, 6) is 0. The highest BCUT2D eigenvalue weighted by atomic mass is 14.9. The van der Waals surface area contributed by atoms with Crippen molar-refractivity contribution in [2.75, 3.05) is 6.54 Å². The molecular formula is C13H19N3. The predicted octanol–water partition coefficient (Wildman–Crippen LogP) is 1.75. The van der Waals surface area contributed by atoms with Crippen molar-refractivity contribution in [1.29, 1.82) is 0 Å². The zero-order valence-electron chi connectivity index (χ0n) is 9.96. The average Bonchev–Trinajstić information content (AvgIpc) is 2.64. The highest BCUT2D eigenvalue weighted by molar-refractivity contribution is 5.86. The van der Waals surface area contributed by atoms with Crippen molar-refractivity contribution >= 4 is 10.9 Å². The number of hydrogen-bond acceptors (Lipinski definition) is 2. The second kappa shape index (κ2) is 4.68. The number of nitrogens with zero attached hydrogens (tertiary/aromatic N) is 1. The molecule has 1 aromatic heterocycles. The molecule has 1 heterocycles. The van der Waals surface area contributed by atoms with Crippen LogP contribution in [0, 0.1) is 0 Å². The van der Waals surface area contributed by atoms with Gasteiger partial charge in [-0.2, -0.15) is 0 Å². The molecule has 0 aliphatic heterocycles. The van der Waals surface area contributed by atoms with Crippen LogP contribution in [-0.2, 0) is 20.1 Å². The van der Waals surface area contributed by atoms with Gasteiger partial charge in [-0.3, -0.25) is 0 Å². The molecule has 0 amide bonds. The largest absolute Gasteiger partial charge is 0.350 e. The lowest BCUT2D eigenvalue weighted by atomic mass is 10.1. The number of fused-ring (bicyclic) bond motifs is 1. The van der Waals surface area contributed by atoms with Crippen molar-refractivity contribution in [3.63, 3.8) is 0 Å². The average molecular weight is 217 g/mol. The molecule has 0 saturated carbocycles. The van der Waals surface area contributed by atoms with Crippen molar-refractivity contribution in [2.45, 2.75) is 20.0 Å². The maximum atomic E-state index is 5.77. The van der Waals surface area contributed by atoms with Gasteiger partial charge in [-0.25, -0.2) is 0 Å². The number of benzene rings is 1. The molecule has 0 bridgehead atoms. The first kappa shape index (κ1) is 11.2. The highest BCUT2D eigenvalue weighted by Gasteiger charge is 2.08. The van der Waals surface area contributed by atoms with Gasteiger partial charge in [-0.05, 0) is 17.7 Å². The number of nitrogens with one attached hydrogen (secondary N) is 1. The number of hydrogen-bond donors (Lipinski definition) is 2. The van der Waals surface area contributed by atoms with Gasteiger partial charge in [0.1, 0.15) is 0 Å². The number of para-hydroxylation sites is 1. The Hall–Kier alpha value is -1.32. The fourth-order valence-corrected chi connectivity index (χ4v) is 2.20. The quantitative estimate of drug-likeness (QED) is 0.819. The van der Waals surface area contributed by atoms with E-state index < -0.39 is 0 Å². The van der Waals surface area contributed by atoms with Gasteiger partial charge in [0.15, 0.2) is 0 Å². The lowest BCUT2D eigenvalue weighted by molar-refractivity contribution is 0.727. The van der Waals surface area contributed by atoms with Crippen LogP contribution in [0.25, 0.3) is 10.9 Å². The Morgan fingerprint density at radius 3 is 2.81 bits per heavy atom. The van der Waals surface area contributed by atoms with Gasteiger partial charge in [0, 0.05) is 31.7 Å². The fourth-order valence-electron chi connectivity index (χ4n) is 2.20. The summed E-state index contributed by atoms with van der Waals surface area (Å²) in [5, 5.41) is 4.67. The summed E-state index contributed by atoms with van der Waals surface area (Å²) in [7, 11) is 2.08. The first-order valence-electron chi connectivity index (χ1n) is 5.74. The molecule has 0 atom stereocenters. The normalized spacial score (nSPS) is 11.2. The fraction of sp³-hybridized carbons (Fsp3) is 0.385. The first-order chi connectivity index (χ1) is 7.77. The van der Waals surface area contributed by atoms with E-state index in [1.165, 1.54) is 22.0 Å². The van der Waals surface area contributed by atoms with Crippen LogP contribution < -0.4 is 11.1 Å². The van der Waals surface area contributed by atoms with Gasteiger partial charge >= 0.3 is 0 Å². The summed E-state index contributed by atoms with van der Waals surface area (Å²) < 4.78 is 2.17. The number of aromatic nitrogens is 1. The Morgan fingerprint density at radius 1 is 1.31 bits per heavy atom. The highest BCUT2D eigenvalue weighted by Crippen LogP contribution is 2.23. The number of nitrogens with two attached hydrogens (primary N) is 1. The second-order valence-electron chi connectivity index (χ2n) is 4.06. The number of rotatable bonds is 4. The molecule has 0 spiro atoms. The molecule has 0 aliphatic carbocycles. The van der Waals surface area contributed by atoms with E-state index in [4.69, 9.17) is 5.73 Å². The van der Waals surface area contributed by atoms with Crippen molar-refractivity contribution < 1.29 is 0 Å².